The van der Waals surface area contributed by atoms with Crippen LogP contribution in [0.5, 0.6) is 0 Å². The average Bonchev–Trinajstić information content (AvgIpc) is 2.79. The van der Waals surface area contributed by atoms with Crippen molar-refractivity contribution in [2.45, 2.75) is 64.1 Å². The quantitative estimate of drug-likeness (QED) is 0.833. The molecule has 4 rings (SSSR count). The molecule has 3 fully saturated rings. The van der Waals surface area contributed by atoms with Gasteiger partial charge in [0.1, 0.15) is 0 Å². The van der Waals surface area contributed by atoms with Crippen molar-refractivity contribution in [2.75, 3.05) is 18.8 Å². The second-order valence-corrected chi connectivity index (χ2v) is 8.60. The third-order valence-corrected chi connectivity index (χ3v) is 6.67. The Hall–Kier alpha value is -1.26. The number of piperazine rings is 1. The fourth-order valence-electron chi connectivity index (χ4n) is 4.74. The number of nitrogens with zero attached hydrogens (tertiary/aromatic N) is 2. The lowest BCUT2D eigenvalue weighted by Crippen LogP contribution is -2.55. The average molecular weight is 362 g/mol. The second-order valence-electron chi connectivity index (χ2n) is 8.16. The molecule has 0 spiro atoms. The van der Waals surface area contributed by atoms with Crippen molar-refractivity contribution in [2.24, 2.45) is 5.92 Å². The van der Waals surface area contributed by atoms with Crippen LogP contribution < -0.4 is 5.73 Å². The first-order valence-electron chi connectivity index (χ1n) is 9.59. The molecule has 1 aromatic carbocycles. The number of nitrogen functional groups attached to an aromatic ring is 1. The lowest BCUT2D eigenvalue weighted by molar-refractivity contribution is -0.138. The van der Waals surface area contributed by atoms with Crippen molar-refractivity contribution in [3.63, 3.8) is 0 Å². The zero-order valence-corrected chi connectivity index (χ0v) is 15.8. The second kappa shape index (κ2) is 6.81. The Morgan fingerprint density at radius 1 is 1.20 bits per heavy atom. The maximum atomic E-state index is 12.7. The Labute approximate surface area is 155 Å². The Balaban J connectivity index is 1.42. The van der Waals surface area contributed by atoms with Crippen molar-refractivity contribution in [1.82, 2.24) is 9.80 Å². The van der Waals surface area contributed by atoms with Gasteiger partial charge in [-0.25, -0.2) is 0 Å². The molecule has 2 atom stereocenters. The highest BCUT2D eigenvalue weighted by atomic mass is 35.5. The van der Waals surface area contributed by atoms with Gasteiger partial charge in [0, 0.05) is 48.8 Å². The van der Waals surface area contributed by atoms with Crippen LogP contribution in [-0.2, 0) is 11.3 Å². The van der Waals surface area contributed by atoms with Crippen LogP contribution in [0.4, 0.5) is 5.69 Å². The molecule has 0 radical (unpaired) electrons. The molecule has 2 N–H and O–H groups in total. The van der Waals surface area contributed by atoms with Crippen molar-refractivity contribution in [3.05, 3.63) is 28.3 Å². The summed E-state index contributed by atoms with van der Waals surface area (Å²) in [6.45, 7) is 4.87. The van der Waals surface area contributed by atoms with Crippen LogP contribution in [0.1, 0.15) is 49.7 Å². The standard InChI is InChI=1S/C20H28ClN3O/c1-13-15(8-16(21)9-19(13)22)10-23-11-17-5-6-18(12-23)24(17)20(25)7-14-3-2-4-14/h8-9,14,17-18H,2-7,10-12,22H2,1H3. The highest BCUT2D eigenvalue weighted by molar-refractivity contribution is 6.31. The third kappa shape index (κ3) is 3.39. The number of carbonyl (C=O) groups excluding carboxylic acids is 1. The van der Waals surface area contributed by atoms with E-state index >= 15 is 0 Å². The summed E-state index contributed by atoms with van der Waals surface area (Å²) in [5.74, 6) is 1.06. The monoisotopic (exact) mass is 361 g/mol. The van der Waals surface area contributed by atoms with E-state index in [1.807, 2.05) is 12.1 Å². The first kappa shape index (κ1) is 17.2. The van der Waals surface area contributed by atoms with Crippen molar-refractivity contribution in [3.8, 4) is 0 Å². The molecule has 2 heterocycles. The van der Waals surface area contributed by atoms with Crippen LogP contribution >= 0.6 is 11.6 Å². The molecule has 2 unspecified atom stereocenters. The van der Waals surface area contributed by atoms with E-state index in [4.69, 9.17) is 17.3 Å². The number of anilines is 1. The molecule has 2 aliphatic heterocycles. The van der Waals surface area contributed by atoms with Gasteiger partial charge in [-0.1, -0.05) is 18.0 Å². The SMILES string of the molecule is Cc1c(N)cc(Cl)cc1CN1CC2CCC(C1)N2C(=O)CC1CCC1. The highest BCUT2D eigenvalue weighted by Gasteiger charge is 2.42. The predicted octanol–water partition coefficient (Wildman–Crippen LogP) is 3.60. The lowest BCUT2D eigenvalue weighted by Gasteiger charge is -2.42. The summed E-state index contributed by atoms with van der Waals surface area (Å²) in [4.78, 5) is 17.5. The van der Waals surface area contributed by atoms with Gasteiger partial charge in [0.25, 0.3) is 0 Å². The molecular weight excluding hydrogens is 334 g/mol. The minimum Gasteiger partial charge on any atom is -0.398 e. The van der Waals surface area contributed by atoms with Crippen LogP contribution in [0.3, 0.4) is 0 Å². The van der Waals surface area contributed by atoms with Crippen LogP contribution in [0.15, 0.2) is 12.1 Å². The van der Waals surface area contributed by atoms with Gasteiger partial charge in [0.2, 0.25) is 5.91 Å². The van der Waals surface area contributed by atoms with Crippen LogP contribution in [-0.4, -0.2) is 40.9 Å². The van der Waals surface area contributed by atoms with Crippen molar-refractivity contribution < 1.29 is 4.79 Å². The Bertz CT molecular complexity index is 659. The highest BCUT2D eigenvalue weighted by Crippen LogP contribution is 2.35. The molecule has 2 bridgehead atoms. The molecule has 4 nitrogen and oxygen atoms in total. The van der Waals surface area contributed by atoms with Crippen LogP contribution in [0.2, 0.25) is 5.02 Å². The largest absolute Gasteiger partial charge is 0.398 e. The summed E-state index contributed by atoms with van der Waals surface area (Å²) in [5.41, 5.74) is 9.16. The molecule has 25 heavy (non-hydrogen) atoms. The zero-order chi connectivity index (χ0) is 17.6. The van der Waals surface area contributed by atoms with Gasteiger partial charge in [0.05, 0.1) is 0 Å². The molecule has 1 aromatic rings. The molecule has 1 saturated carbocycles. The first-order chi connectivity index (χ1) is 12.0. The number of halogens is 1. The summed E-state index contributed by atoms with van der Waals surface area (Å²) in [7, 11) is 0. The van der Waals surface area contributed by atoms with Crippen molar-refractivity contribution >= 4 is 23.2 Å². The maximum absolute atomic E-state index is 12.7. The Morgan fingerprint density at radius 2 is 1.88 bits per heavy atom. The molecule has 136 valence electrons. The number of benzene rings is 1. The van der Waals surface area contributed by atoms with Gasteiger partial charge < -0.3 is 10.6 Å². The molecule has 2 saturated heterocycles. The van der Waals surface area contributed by atoms with Gasteiger partial charge >= 0.3 is 0 Å². The van der Waals surface area contributed by atoms with E-state index in [1.54, 1.807) is 0 Å². The molecule has 1 amide bonds. The zero-order valence-electron chi connectivity index (χ0n) is 15.0. The number of nitrogens with two attached hydrogens (primary N) is 1. The first-order valence-corrected chi connectivity index (χ1v) is 9.97. The van der Waals surface area contributed by atoms with Crippen molar-refractivity contribution in [1.29, 1.82) is 0 Å². The number of rotatable bonds is 4. The van der Waals surface area contributed by atoms with Gasteiger partial charge in [-0.3, -0.25) is 9.69 Å². The van der Waals surface area contributed by atoms with Gasteiger partial charge in [-0.05, 0) is 61.8 Å². The maximum Gasteiger partial charge on any atom is 0.223 e. The molecule has 3 aliphatic rings. The summed E-state index contributed by atoms with van der Waals surface area (Å²) in [6, 6.07) is 4.64. The fourth-order valence-corrected chi connectivity index (χ4v) is 4.99. The summed E-state index contributed by atoms with van der Waals surface area (Å²) < 4.78 is 0. The number of carbonyl (C=O) groups is 1. The number of fused-ring (bicyclic) bond motifs is 2. The summed E-state index contributed by atoms with van der Waals surface area (Å²) in [5, 5.41) is 0.704. The van der Waals surface area contributed by atoms with Gasteiger partial charge in [-0.15, -0.1) is 0 Å². The lowest BCUT2D eigenvalue weighted by atomic mass is 9.82. The Kier molecular flexibility index (Phi) is 4.67. The smallest absolute Gasteiger partial charge is 0.223 e. The number of amides is 1. The number of likely N-dealkylation sites (tertiary alicyclic amines) is 1. The number of hydrogen-bond acceptors (Lipinski definition) is 3. The molecule has 1 aliphatic carbocycles. The van der Waals surface area contributed by atoms with E-state index in [1.165, 1.54) is 24.8 Å². The predicted molar refractivity (Wildman–Crippen MR) is 101 cm³/mol. The van der Waals surface area contributed by atoms with E-state index in [0.29, 0.717) is 28.9 Å². The summed E-state index contributed by atoms with van der Waals surface area (Å²) in [6.07, 6.45) is 6.87. The van der Waals surface area contributed by atoms with E-state index in [-0.39, 0.29) is 0 Å². The normalized spacial score (nSPS) is 26.7. The fraction of sp³-hybridized carbons (Fsp3) is 0.650. The van der Waals surface area contributed by atoms with E-state index in [9.17, 15) is 4.79 Å². The Morgan fingerprint density at radius 3 is 2.48 bits per heavy atom. The van der Waals surface area contributed by atoms with Crippen LogP contribution in [0.25, 0.3) is 0 Å². The van der Waals surface area contributed by atoms with E-state index in [2.05, 4.69) is 16.7 Å². The summed E-state index contributed by atoms with van der Waals surface area (Å²) >= 11 is 6.19. The minimum atomic E-state index is 0.392. The van der Waals surface area contributed by atoms with Gasteiger partial charge in [0.15, 0.2) is 0 Å². The topological polar surface area (TPSA) is 49.6 Å². The van der Waals surface area contributed by atoms with E-state index < -0.39 is 0 Å². The number of hydrogen-bond donors (Lipinski definition) is 1. The van der Waals surface area contributed by atoms with Crippen LogP contribution in [0, 0.1) is 12.8 Å². The van der Waals surface area contributed by atoms with E-state index in [0.717, 1.165) is 50.1 Å². The molecular formula is C20H28ClN3O. The van der Waals surface area contributed by atoms with Gasteiger partial charge in [-0.2, -0.15) is 0 Å². The molecule has 0 aromatic heterocycles. The minimum absolute atomic E-state index is 0.392. The molecule has 5 heteroatoms. The third-order valence-electron chi connectivity index (χ3n) is 6.45.